The predicted molar refractivity (Wildman–Crippen MR) is 145 cm³/mol. The molecule has 4 rings (SSSR count). The number of fused-ring (bicyclic) bond motifs is 3. The second-order valence-electron chi connectivity index (χ2n) is 9.97. The van der Waals surface area contributed by atoms with Crippen LogP contribution in [0.25, 0.3) is 0 Å². The Morgan fingerprint density at radius 2 is 1.90 bits per heavy atom. The van der Waals surface area contributed by atoms with Crippen molar-refractivity contribution in [3.05, 3.63) is 70.8 Å². The number of aliphatic hydroxyl groups excluding tert-OH is 2. The molecule has 4 atom stereocenters. The second kappa shape index (κ2) is 12.9. The number of nitrogens with zero attached hydrogens (tertiary/aromatic N) is 1. The average molecular weight is 551 g/mol. The number of benzene rings is 2. The smallest absolute Gasteiger partial charge is 0.247 e. The molecule has 0 saturated carbocycles. The molecule has 2 amide bonds. The van der Waals surface area contributed by atoms with Crippen LogP contribution >= 0.6 is 0 Å². The maximum absolute atomic E-state index is 13.6. The molecular weight excluding hydrogens is 516 g/mol. The molecule has 40 heavy (non-hydrogen) atoms. The normalized spacial score (nSPS) is 20.9. The van der Waals surface area contributed by atoms with Crippen LogP contribution in [0.1, 0.15) is 53.6 Å². The summed E-state index contributed by atoms with van der Waals surface area (Å²) in [7, 11) is 1.43. The Kier molecular flexibility index (Phi) is 9.34. The molecule has 212 valence electrons. The number of rotatable bonds is 12. The van der Waals surface area contributed by atoms with E-state index in [2.05, 4.69) is 5.32 Å². The summed E-state index contributed by atoms with van der Waals surface area (Å²) in [6.45, 7) is 1.36. The van der Waals surface area contributed by atoms with Crippen molar-refractivity contribution in [2.24, 2.45) is 0 Å². The summed E-state index contributed by atoms with van der Waals surface area (Å²) in [5.74, 6) is -0.946. The number of methoxy groups -OCH3 is 1. The van der Waals surface area contributed by atoms with Crippen LogP contribution in [0.5, 0.6) is 11.5 Å². The van der Waals surface area contributed by atoms with E-state index in [1.807, 2.05) is 30.3 Å². The number of amides is 2. The van der Waals surface area contributed by atoms with E-state index in [4.69, 9.17) is 9.47 Å². The Labute approximate surface area is 232 Å². The predicted octanol–water partition coefficient (Wildman–Crippen LogP) is 1.92. The van der Waals surface area contributed by atoms with E-state index in [-0.39, 0.29) is 55.6 Å². The van der Waals surface area contributed by atoms with Gasteiger partial charge in [0.2, 0.25) is 11.8 Å². The third-order valence-corrected chi connectivity index (χ3v) is 7.21. The number of ketones is 1. The summed E-state index contributed by atoms with van der Waals surface area (Å²) in [5.41, 5.74) is 1.89. The van der Waals surface area contributed by atoms with Crippen LogP contribution in [0.3, 0.4) is 0 Å². The molecule has 10 heteroatoms. The molecule has 1 aliphatic heterocycles. The van der Waals surface area contributed by atoms with E-state index in [1.54, 1.807) is 12.1 Å². The van der Waals surface area contributed by atoms with Gasteiger partial charge in [0.25, 0.3) is 0 Å². The fraction of sp³-hybridized carbons (Fsp3) is 0.400. The Hall–Kier alpha value is -4.02. The first-order valence-electron chi connectivity index (χ1n) is 13.2. The van der Waals surface area contributed by atoms with Gasteiger partial charge in [-0.15, -0.1) is 0 Å². The number of aldehydes is 1. The van der Waals surface area contributed by atoms with Crippen LogP contribution in [-0.4, -0.2) is 77.5 Å². The van der Waals surface area contributed by atoms with Crippen molar-refractivity contribution in [2.45, 2.75) is 56.9 Å². The molecule has 0 saturated heterocycles. The molecule has 0 bridgehead atoms. The van der Waals surface area contributed by atoms with Crippen molar-refractivity contribution in [3.8, 4) is 11.5 Å². The monoisotopic (exact) mass is 550 g/mol. The van der Waals surface area contributed by atoms with Gasteiger partial charge in [-0.3, -0.25) is 14.4 Å². The number of nitrogens with one attached hydrogen (secondary N) is 1. The minimum absolute atomic E-state index is 0.00387. The number of aliphatic hydroxyl groups is 2. The zero-order valence-corrected chi connectivity index (χ0v) is 22.5. The zero-order valence-electron chi connectivity index (χ0n) is 22.5. The lowest BCUT2D eigenvalue weighted by Gasteiger charge is -2.41. The summed E-state index contributed by atoms with van der Waals surface area (Å²) < 4.78 is 11.7. The quantitative estimate of drug-likeness (QED) is 0.340. The minimum atomic E-state index is -1.24. The van der Waals surface area contributed by atoms with Gasteiger partial charge in [-0.2, -0.15) is 0 Å². The summed E-state index contributed by atoms with van der Waals surface area (Å²) in [5, 5.41) is 23.7. The van der Waals surface area contributed by atoms with Crippen LogP contribution in [0.2, 0.25) is 0 Å². The van der Waals surface area contributed by atoms with E-state index < -0.39 is 30.1 Å². The molecule has 2 aromatic carbocycles. The first-order chi connectivity index (χ1) is 19.3. The fourth-order valence-electron chi connectivity index (χ4n) is 5.33. The largest absolute Gasteiger partial charge is 0.493 e. The van der Waals surface area contributed by atoms with Crippen molar-refractivity contribution >= 4 is 23.9 Å². The zero-order chi connectivity index (χ0) is 28.8. The van der Waals surface area contributed by atoms with Crippen LogP contribution in [0.4, 0.5) is 0 Å². The van der Waals surface area contributed by atoms with E-state index in [0.717, 1.165) is 5.56 Å². The third-order valence-electron chi connectivity index (χ3n) is 7.21. The Morgan fingerprint density at radius 3 is 2.55 bits per heavy atom. The van der Waals surface area contributed by atoms with Gasteiger partial charge in [-0.05, 0) is 37.1 Å². The molecule has 0 spiro atoms. The first kappa shape index (κ1) is 29.0. The summed E-state index contributed by atoms with van der Waals surface area (Å²) in [4.78, 5) is 51.6. The molecule has 10 nitrogen and oxygen atoms in total. The molecule has 0 radical (unpaired) electrons. The number of carbonyl (C=O) groups is 4. The maximum atomic E-state index is 13.6. The summed E-state index contributed by atoms with van der Waals surface area (Å²) >= 11 is 0. The van der Waals surface area contributed by atoms with E-state index in [0.29, 0.717) is 29.6 Å². The lowest BCUT2D eigenvalue weighted by molar-refractivity contribution is -0.138. The van der Waals surface area contributed by atoms with Crippen LogP contribution in [0.15, 0.2) is 54.1 Å². The van der Waals surface area contributed by atoms with Gasteiger partial charge in [0.15, 0.2) is 11.5 Å². The van der Waals surface area contributed by atoms with Crippen molar-refractivity contribution < 1.29 is 38.9 Å². The van der Waals surface area contributed by atoms with Gasteiger partial charge in [0, 0.05) is 42.6 Å². The highest BCUT2D eigenvalue weighted by atomic mass is 16.5. The van der Waals surface area contributed by atoms with Crippen molar-refractivity contribution in [3.63, 3.8) is 0 Å². The van der Waals surface area contributed by atoms with E-state index in [1.165, 1.54) is 25.0 Å². The average Bonchev–Trinajstić information content (AvgIpc) is 3.35. The van der Waals surface area contributed by atoms with Gasteiger partial charge in [-0.25, -0.2) is 0 Å². The second-order valence-corrected chi connectivity index (χ2v) is 9.97. The van der Waals surface area contributed by atoms with Gasteiger partial charge in [0.1, 0.15) is 24.3 Å². The van der Waals surface area contributed by atoms with E-state index in [9.17, 15) is 29.4 Å². The van der Waals surface area contributed by atoms with Crippen LogP contribution in [0, 0.1) is 0 Å². The van der Waals surface area contributed by atoms with Crippen molar-refractivity contribution in [2.75, 3.05) is 20.3 Å². The lowest BCUT2D eigenvalue weighted by Crippen LogP contribution is -2.55. The Bertz CT molecular complexity index is 1290. The molecule has 2 aliphatic rings. The first-order valence-corrected chi connectivity index (χ1v) is 13.2. The lowest BCUT2D eigenvalue weighted by atomic mass is 9.77. The standard InChI is InChI=1S/C30H34N2O8/c1-18(35)7-6-10-25(36)32(16-19-8-4-3-5-9-19)23-15-22(30(38)31-11-12-33)26-21-13-20(17-34)14-24(39-2)28(21)40-29(26)27(23)37/h3-5,8-9,13-15,17,23,26-27,29,33,37H,6-7,10-12,16H2,1-2H3,(H,31,38)/t23-,26+,27+,29+/m1/s1. The highest BCUT2D eigenvalue weighted by Crippen LogP contribution is 2.51. The van der Waals surface area contributed by atoms with Gasteiger partial charge >= 0.3 is 0 Å². The number of hydrogen-bond acceptors (Lipinski definition) is 8. The summed E-state index contributed by atoms with van der Waals surface area (Å²) in [6.07, 6.45) is 0.731. The molecule has 1 aliphatic carbocycles. The molecule has 3 N–H and O–H groups in total. The van der Waals surface area contributed by atoms with Crippen LogP contribution in [-0.2, 0) is 20.9 Å². The van der Waals surface area contributed by atoms with Gasteiger partial charge in [-0.1, -0.05) is 30.3 Å². The topological polar surface area (TPSA) is 142 Å². The SMILES string of the molecule is COc1cc(C=O)cc2c1O[C@@H]1[C@@H](O)[C@H](N(Cc3ccccc3)C(=O)CCCC(C)=O)C=C(C(=O)NCCO)[C@H]21. The van der Waals surface area contributed by atoms with Gasteiger partial charge < -0.3 is 34.7 Å². The highest BCUT2D eigenvalue weighted by Gasteiger charge is 2.51. The number of ether oxygens (including phenoxy) is 2. The molecule has 0 unspecified atom stereocenters. The van der Waals surface area contributed by atoms with E-state index >= 15 is 0 Å². The molecule has 2 aromatic rings. The minimum Gasteiger partial charge on any atom is -0.493 e. The summed E-state index contributed by atoms with van der Waals surface area (Å²) in [6, 6.07) is 11.5. The Morgan fingerprint density at radius 1 is 1.15 bits per heavy atom. The number of carbonyl (C=O) groups excluding carboxylic acids is 4. The molecule has 0 aromatic heterocycles. The highest BCUT2D eigenvalue weighted by molar-refractivity contribution is 5.96. The number of hydrogen-bond donors (Lipinski definition) is 3. The fourth-order valence-corrected chi connectivity index (χ4v) is 5.33. The Balaban J connectivity index is 1.78. The maximum Gasteiger partial charge on any atom is 0.247 e. The molecule has 1 heterocycles. The van der Waals surface area contributed by atoms with Gasteiger partial charge in [0.05, 0.1) is 25.7 Å². The molecule has 0 fully saturated rings. The van der Waals surface area contributed by atoms with Crippen LogP contribution < -0.4 is 14.8 Å². The van der Waals surface area contributed by atoms with Crippen molar-refractivity contribution in [1.29, 1.82) is 0 Å². The molecular formula is C30H34N2O8. The number of Topliss-reactive ketones (excluding diaryl/α,β-unsaturated/α-hetero) is 1. The third kappa shape index (κ3) is 6.08. The van der Waals surface area contributed by atoms with Crippen molar-refractivity contribution in [1.82, 2.24) is 10.2 Å².